The summed E-state index contributed by atoms with van der Waals surface area (Å²) < 4.78 is 5.93. The van der Waals surface area contributed by atoms with Gasteiger partial charge in [0, 0.05) is 22.1 Å². The van der Waals surface area contributed by atoms with Crippen molar-refractivity contribution in [1.82, 2.24) is 10.4 Å². The van der Waals surface area contributed by atoms with Crippen LogP contribution in [0.1, 0.15) is 43.1 Å². The first-order valence-corrected chi connectivity index (χ1v) is 11.3. The van der Waals surface area contributed by atoms with Gasteiger partial charge in [0.25, 0.3) is 11.8 Å². The number of hydrogen-bond acceptors (Lipinski definition) is 5. The molecular formula is C24H26BrN3O5. The van der Waals surface area contributed by atoms with E-state index in [0.717, 1.165) is 15.0 Å². The third kappa shape index (κ3) is 6.64. The van der Waals surface area contributed by atoms with E-state index in [0.29, 0.717) is 11.3 Å². The molecule has 0 radical (unpaired) electrons. The van der Waals surface area contributed by atoms with E-state index in [4.69, 9.17) is 4.74 Å². The number of amides is 3. The molecule has 0 unspecified atom stereocenters. The lowest BCUT2D eigenvalue weighted by Gasteiger charge is -2.20. The summed E-state index contributed by atoms with van der Waals surface area (Å²) in [5.41, 5.74) is 4.57. The number of esters is 1. The zero-order valence-corrected chi connectivity index (χ0v) is 20.3. The Morgan fingerprint density at radius 3 is 2.30 bits per heavy atom. The van der Waals surface area contributed by atoms with Crippen LogP contribution in [0, 0.1) is 5.92 Å². The molecule has 0 aliphatic carbocycles. The molecular weight excluding hydrogens is 490 g/mol. The first kappa shape index (κ1) is 24.4. The maximum atomic E-state index is 12.5. The molecule has 2 N–H and O–H groups in total. The van der Waals surface area contributed by atoms with E-state index in [2.05, 4.69) is 47.4 Å². The highest BCUT2D eigenvalue weighted by molar-refractivity contribution is 9.10. The van der Waals surface area contributed by atoms with Crippen LogP contribution in [-0.4, -0.2) is 41.9 Å². The second kappa shape index (κ2) is 10.2. The highest BCUT2D eigenvalue weighted by Gasteiger charge is 2.36. The topological polar surface area (TPSA) is 105 Å². The maximum Gasteiger partial charge on any atom is 0.311 e. The number of nitrogens with zero attached hydrogens (tertiary/aromatic N) is 1. The molecule has 174 valence electrons. The third-order valence-corrected chi connectivity index (χ3v) is 5.71. The van der Waals surface area contributed by atoms with Crippen LogP contribution in [0.25, 0.3) is 0 Å². The van der Waals surface area contributed by atoms with Crippen molar-refractivity contribution in [2.45, 2.75) is 32.6 Å². The summed E-state index contributed by atoms with van der Waals surface area (Å²) >= 11 is 3.31. The summed E-state index contributed by atoms with van der Waals surface area (Å²) in [6, 6.07) is 14.1. The highest BCUT2D eigenvalue weighted by atomic mass is 79.9. The summed E-state index contributed by atoms with van der Waals surface area (Å²) in [5, 5.41) is 3.74. The first-order valence-electron chi connectivity index (χ1n) is 10.5. The second-order valence-corrected chi connectivity index (χ2v) is 9.75. The number of ether oxygens (including phenoxy) is 1. The number of carbonyl (C=O) groups is 4. The number of anilines is 1. The molecule has 0 aromatic heterocycles. The van der Waals surface area contributed by atoms with E-state index in [1.165, 1.54) is 0 Å². The molecule has 0 bridgehead atoms. The van der Waals surface area contributed by atoms with Gasteiger partial charge in [-0.05, 0) is 47.4 Å². The van der Waals surface area contributed by atoms with E-state index in [-0.39, 0.29) is 18.4 Å². The van der Waals surface area contributed by atoms with E-state index in [9.17, 15) is 19.2 Å². The Morgan fingerprint density at radius 1 is 1.06 bits per heavy atom. The van der Waals surface area contributed by atoms with Crippen LogP contribution in [0.2, 0.25) is 0 Å². The fourth-order valence-corrected chi connectivity index (χ4v) is 3.53. The largest absolute Gasteiger partial charge is 0.455 e. The second-order valence-electron chi connectivity index (χ2n) is 8.84. The van der Waals surface area contributed by atoms with Crippen LogP contribution in [0.15, 0.2) is 53.0 Å². The van der Waals surface area contributed by atoms with Crippen LogP contribution in [0.3, 0.4) is 0 Å². The zero-order chi connectivity index (χ0) is 24.2. The molecule has 9 heteroatoms. The zero-order valence-electron chi connectivity index (χ0n) is 18.7. The van der Waals surface area contributed by atoms with Crippen molar-refractivity contribution in [3.05, 3.63) is 64.1 Å². The smallest absolute Gasteiger partial charge is 0.311 e. The van der Waals surface area contributed by atoms with Gasteiger partial charge >= 0.3 is 5.97 Å². The van der Waals surface area contributed by atoms with Crippen LogP contribution in [-0.2, 0) is 24.5 Å². The van der Waals surface area contributed by atoms with Gasteiger partial charge in [-0.25, -0.2) is 0 Å². The van der Waals surface area contributed by atoms with Crippen molar-refractivity contribution in [2.24, 2.45) is 5.92 Å². The van der Waals surface area contributed by atoms with Crippen molar-refractivity contribution in [1.29, 1.82) is 0 Å². The molecule has 2 aromatic rings. The van der Waals surface area contributed by atoms with E-state index >= 15 is 0 Å². The SMILES string of the molecule is CC(C)(C)c1ccc(C(=O)NN2C[C@@H](C(=O)OCC(=O)Nc3ccc(Br)cc3)CC2=O)cc1. The fourth-order valence-electron chi connectivity index (χ4n) is 3.27. The molecule has 1 saturated heterocycles. The van der Waals surface area contributed by atoms with E-state index in [1.54, 1.807) is 36.4 Å². The van der Waals surface area contributed by atoms with Crippen LogP contribution < -0.4 is 10.7 Å². The number of carbonyl (C=O) groups excluding carboxylic acids is 4. The van der Waals surface area contributed by atoms with Gasteiger partial charge in [-0.3, -0.25) is 29.6 Å². The fraction of sp³-hybridized carbons (Fsp3) is 0.333. The lowest BCUT2D eigenvalue weighted by atomic mass is 9.87. The van der Waals surface area contributed by atoms with Gasteiger partial charge in [0.2, 0.25) is 5.91 Å². The Hall–Kier alpha value is -3.20. The van der Waals surface area contributed by atoms with Gasteiger partial charge in [0.15, 0.2) is 6.61 Å². The molecule has 1 heterocycles. The normalized spacial score (nSPS) is 15.8. The number of hydrogen-bond donors (Lipinski definition) is 2. The average molecular weight is 516 g/mol. The maximum absolute atomic E-state index is 12.5. The van der Waals surface area contributed by atoms with Gasteiger partial charge in [-0.15, -0.1) is 0 Å². The number of benzene rings is 2. The van der Waals surface area contributed by atoms with E-state index < -0.39 is 36.2 Å². The molecule has 1 aliphatic heterocycles. The monoisotopic (exact) mass is 515 g/mol. The Morgan fingerprint density at radius 2 is 1.70 bits per heavy atom. The Bertz CT molecular complexity index is 1050. The Kier molecular flexibility index (Phi) is 7.53. The Balaban J connectivity index is 1.48. The van der Waals surface area contributed by atoms with Gasteiger partial charge in [-0.2, -0.15) is 0 Å². The summed E-state index contributed by atoms with van der Waals surface area (Å²) in [6.45, 7) is 5.75. The van der Waals surface area contributed by atoms with Gasteiger partial charge in [0.1, 0.15) is 0 Å². The number of rotatable bonds is 6. The van der Waals surface area contributed by atoms with Crippen molar-refractivity contribution in [3.8, 4) is 0 Å². The van der Waals surface area contributed by atoms with Gasteiger partial charge in [0.05, 0.1) is 12.5 Å². The van der Waals surface area contributed by atoms with Crippen LogP contribution >= 0.6 is 15.9 Å². The van der Waals surface area contributed by atoms with Crippen LogP contribution in [0.5, 0.6) is 0 Å². The highest BCUT2D eigenvalue weighted by Crippen LogP contribution is 2.23. The minimum Gasteiger partial charge on any atom is -0.455 e. The summed E-state index contributed by atoms with van der Waals surface area (Å²) in [6.07, 6.45) is -0.101. The molecule has 3 amide bonds. The molecule has 0 spiro atoms. The van der Waals surface area contributed by atoms with Crippen molar-refractivity contribution in [2.75, 3.05) is 18.5 Å². The quantitative estimate of drug-likeness (QED) is 0.573. The molecule has 33 heavy (non-hydrogen) atoms. The van der Waals surface area contributed by atoms with Crippen molar-refractivity contribution >= 4 is 45.3 Å². The summed E-state index contributed by atoms with van der Waals surface area (Å²) in [4.78, 5) is 49.1. The predicted octanol–water partition coefficient (Wildman–Crippen LogP) is 3.42. The number of nitrogens with one attached hydrogen (secondary N) is 2. The molecule has 3 rings (SSSR count). The Labute approximate surface area is 200 Å². The first-order chi connectivity index (χ1) is 15.5. The standard InChI is InChI=1S/C24H26BrN3O5/c1-24(2,3)17-6-4-15(5-7-17)22(31)27-28-13-16(12-21(28)30)23(32)33-14-20(29)26-19-10-8-18(25)9-11-19/h4-11,16H,12-14H2,1-3H3,(H,26,29)(H,27,31)/t16-/m0/s1. The lowest BCUT2D eigenvalue weighted by Crippen LogP contribution is -2.43. The van der Waals surface area contributed by atoms with Gasteiger partial charge in [-0.1, -0.05) is 48.8 Å². The van der Waals surface area contributed by atoms with Crippen LogP contribution in [0.4, 0.5) is 5.69 Å². The average Bonchev–Trinajstić information content (AvgIpc) is 3.13. The summed E-state index contributed by atoms with van der Waals surface area (Å²) in [5.74, 6) is -2.75. The number of halogens is 1. The minimum atomic E-state index is -0.762. The van der Waals surface area contributed by atoms with Gasteiger partial charge < -0.3 is 10.1 Å². The lowest BCUT2D eigenvalue weighted by molar-refractivity contribution is -0.151. The molecule has 1 aliphatic rings. The molecule has 2 aromatic carbocycles. The molecule has 8 nitrogen and oxygen atoms in total. The van der Waals surface area contributed by atoms with E-state index in [1.807, 2.05) is 12.1 Å². The third-order valence-electron chi connectivity index (χ3n) is 5.18. The van der Waals surface area contributed by atoms with Crippen molar-refractivity contribution < 1.29 is 23.9 Å². The molecule has 1 fully saturated rings. The molecule has 1 atom stereocenters. The van der Waals surface area contributed by atoms with Crippen molar-refractivity contribution in [3.63, 3.8) is 0 Å². The number of hydrazine groups is 1. The predicted molar refractivity (Wildman–Crippen MR) is 126 cm³/mol. The summed E-state index contributed by atoms with van der Waals surface area (Å²) in [7, 11) is 0. The molecule has 0 saturated carbocycles. The minimum absolute atomic E-state index is 0.0161.